The Labute approximate surface area is 154 Å². The summed E-state index contributed by atoms with van der Waals surface area (Å²) >= 11 is 0. The number of carbonyl (C=O) groups excluding carboxylic acids is 2. The number of aryl methyl sites for hydroxylation is 1. The van der Waals surface area contributed by atoms with Gasteiger partial charge in [-0.25, -0.2) is 0 Å². The third-order valence-electron chi connectivity index (χ3n) is 4.91. The van der Waals surface area contributed by atoms with Gasteiger partial charge in [-0.3, -0.25) is 9.59 Å². The van der Waals surface area contributed by atoms with E-state index in [1.54, 1.807) is 29.2 Å². The van der Waals surface area contributed by atoms with Crippen LogP contribution in [0.1, 0.15) is 40.7 Å². The summed E-state index contributed by atoms with van der Waals surface area (Å²) in [6.07, 6.45) is 2.94. The highest BCUT2D eigenvalue weighted by Crippen LogP contribution is 2.21. The quantitative estimate of drug-likeness (QED) is 0.831. The summed E-state index contributed by atoms with van der Waals surface area (Å²) < 4.78 is 0. The molecule has 0 saturated carbocycles. The number of ketones is 1. The van der Waals surface area contributed by atoms with Crippen LogP contribution in [0.3, 0.4) is 0 Å². The maximum Gasteiger partial charge on any atom is 0.253 e. The summed E-state index contributed by atoms with van der Waals surface area (Å²) in [6, 6.07) is 18.8. The van der Waals surface area contributed by atoms with Crippen LogP contribution in [0.2, 0.25) is 0 Å². The third-order valence-corrected chi connectivity index (χ3v) is 4.91. The lowest BCUT2D eigenvalue weighted by Crippen LogP contribution is -2.42. The van der Waals surface area contributed by atoms with Crippen LogP contribution >= 0.6 is 0 Å². The fraction of sp³-hybridized carbons (Fsp3) is 0.318. The first-order valence-corrected chi connectivity index (χ1v) is 9.03. The Morgan fingerprint density at radius 2 is 1.92 bits per heavy atom. The summed E-state index contributed by atoms with van der Waals surface area (Å²) in [5.41, 5.74) is 2.16. The van der Waals surface area contributed by atoms with Crippen LogP contribution in [0.4, 0.5) is 0 Å². The minimum absolute atomic E-state index is 0.0874. The molecule has 1 fully saturated rings. The van der Waals surface area contributed by atoms with Crippen molar-refractivity contribution < 1.29 is 9.59 Å². The molecule has 1 aliphatic heterocycles. The van der Waals surface area contributed by atoms with Gasteiger partial charge in [0.05, 0.1) is 11.6 Å². The van der Waals surface area contributed by atoms with Gasteiger partial charge in [-0.05, 0) is 43.0 Å². The van der Waals surface area contributed by atoms with Gasteiger partial charge in [0, 0.05) is 31.0 Å². The van der Waals surface area contributed by atoms with Crippen molar-refractivity contribution in [3.63, 3.8) is 0 Å². The molecule has 1 aliphatic rings. The average molecular weight is 346 g/mol. The molecule has 1 saturated heterocycles. The molecule has 4 heteroatoms. The SMILES string of the molecule is N#Cc1cccc(C(=O)N2CCC[C@H](C(=O)CCc3ccccc3)C2)c1. The van der Waals surface area contributed by atoms with Gasteiger partial charge in [0.2, 0.25) is 0 Å². The second-order valence-corrected chi connectivity index (χ2v) is 6.73. The minimum Gasteiger partial charge on any atom is -0.338 e. The van der Waals surface area contributed by atoms with Gasteiger partial charge in [0.15, 0.2) is 0 Å². The van der Waals surface area contributed by atoms with Crippen molar-refractivity contribution in [3.05, 3.63) is 71.3 Å². The third kappa shape index (κ3) is 4.37. The molecule has 0 radical (unpaired) electrons. The van der Waals surface area contributed by atoms with Crippen LogP contribution in [-0.4, -0.2) is 29.7 Å². The Morgan fingerprint density at radius 1 is 1.12 bits per heavy atom. The van der Waals surface area contributed by atoms with Crippen molar-refractivity contribution >= 4 is 11.7 Å². The molecule has 132 valence electrons. The molecule has 26 heavy (non-hydrogen) atoms. The monoisotopic (exact) mass is 346 g/mol. The standard InChI is InChI=1S/C22H22N2O2/c23-15-18-8-4-9-19(14-18)22(26)24-13-5-10-20(16-24)21(25)12-11-17-6-2-1-3-7-17/h1-4,6-9,14,20H,5,10-13,16H2/t20-/m0/s1. The normalized spacial score (nSPS) is 16.7. The molecule has 0 unspecified atom stereocenters. The number of nitriles is 1. The van der Waals surface area contributed by atoms with Crippen molar-refractivity contribution in [1.29, 1.82) is 5.26 Å². The minimum atomic E-state index is -0.0948. The number of amides is 1. The van der Waals surface area contributed by atoms with Crippen LogP contribution in [0.25, 0.3) is 0 Å². The van der Waals surface area contributed by atoms with Gasteiger partial charge in [-0.2, -0.15) is 5.26 Å². The molecule has 0 aliphatic carbocycles. The number of rotatable bonds is 5. The maximum atomic E-state index is 12.7. The first-order valence-electron chi connectivity index (χ1n) is 9.03. The van der Waals surface area contributed by atoms with E-state index in [1.165, 1.54) is 0 Å². The predicted molar refractivity (Wildman–Crippen MR) is 99.6 cm³/mol. The van der Waals surface area contributed by atoms with E-state index in [4.69, 9.17) is 5.26 Å². The van der Waals surface area contributed by atoms with Crippen molar-refractivity contribution in [1.82, 2.24) is 4.90 Å². The first kappa shape index (κ1) is 17.9. The Bertz CT molecular complexity index is 824. The Hall–Kier alpha value is -2.93. The van der Waals surface area contributed by atoms with Crippen molar-refractivity contribution in [2.75, 3.05) is 13.1 Å². The fourth-order valence-corrected chi connectivity index (χ4v) is 3.45. The summed E-state index contributed by atoms with van der Waals surface area (Å²) in [6.45, 7) is 1.14. The van der Waals surface area contributed by atoms with E-state index in [1.807, 2.05) is 30.3 Å². The zero-order valence-electron chi connectivity index (χ0n) is 14.7. The maximum absolute atomic E-state index is 12.7. The molecule has 4 nitrogen and oxygen atoms in total. The van der Waals surface area contributed by atoms with Crippen LogP contribution in [-0.2, 0) is 11.2 Å². The summed E-state index contributed by atoms with van der Waals surface area (Å²) in [5.74, 6) is 0.0512. The van der Waals surface area contributed by atoms with Crippen molar-refractivity contribution in [3.8, 4) is 6.07 Å². The van der Waals surface area contributed by atoms with E-state index >= 15 is 0 Å². The smallest absolute Gasteiger partial charge is 0.253 e. The Morgan fingerprint density at radius 3 is 2.69 bits per heavy atom. The topological polar surface area (TPSA) is 61.2 Å². The molecule has 2 aromatic carbocycles. The van der Waals surface area contributed by atoms with Gasteiger partial charge in [0.25, 0.3) is 5.91 Å². The van der Waals surface area contributed by atoms with Crippen LogP contribution in [0.15, 0.2) is 54.6 Å². The number of carbonyl (C=O) groups is 2. The number of Topliss-reactive ketones (excluding diaryl/α,β-unsaturated/α-hetero) is 1. The zero-order valence-corrected chi connectivity index (χ0v) is 14.7. The number of likely N-dealkylation sites (tertiary alicyclic amines) is 1. The van der Waals surface area contributed by atoms with Gasteiger partial charge in [-0.1, -0.05) is 36.4 Å². The average Bonchev–Trinajstić information content (AvgIpc) is 2.72. The second kappa shape index (κ2) is 8.44. The molecule has 0 aromatic heterocycles. The van der Waals surface area contributed by atoms with Crippen LogP contribution < -0.4 is 0 Å². The van der Waals surface area contributed by atoms with Crippen molar-refractivity contribution in [2.24, 2.45) is 5.92 Å². The Kier molecular flexibility index (Phi) is 5.80. The van der Waals surface area contributed by atoms with Gasteiger partial charge in [-0.15, -0.1) is 0 Å². The molecular weight excluding hydrogens is 324 g/mol. The number of piperidine rings is 1. The molecule has 1 atom stereocenters. The summed E-state index contributed by atoms with van der Waals surface area (Å²) in [4.78, 5) is 27.1. The van der Waals surface area contributed by atoms with E-state index < -0.39 is 0 Å². The van der Waals surface area contributed by atoms with E-state index in [0.29, 0.717) is 30.6 Å². The molecule has 1 amide bonds. The van der Waals surface area contributed by atoms with Gasteiger partial charge < -0.3 is 4.90 Å². The molecule has 0 bridgehead atoms. The fourth-order valence-electron chi connectivity index (χ4n) is 3.45. The largest absolute Gasteiger partial charge is 0.338 e. The van der Waals surface area contributed by atoms with Crippen LogP contribution in [0.5, 0.6) is 0 Å². The number of benzene rings is 2. The lowest BCUT2D eigenvalue weighted by atomic mass is 9.90. The number of hydrogen-bond donors (Lipinski definition) is 0. The van der Waals surface area contributed by atoms with Gasteiger partial charge in [0.1, 0.15) is 5.78 Å². The predicted octanol–water partition coefficient (Wildman–Crippen LogP) is 3.61. The van der Waals surface area contributed by atoms with Crippen LogP contribution in [0, 0.1) is 17.2 Å². The van der Waals surface area contributed by atoms with E-state index in [0.717, 1.165) is 24.8 Å². The number of hydrogen-bond acceptors (Lipinski definition) is 3. The first-order chi connectivity index (χ1) is 12.7. The van der Waals surface area contributed by atoms with Gasteiger partial charge >= 0.3 is 0 Å². The second-order valence-electron chi connectivity index (χ2n) is 6.73. The highest BCUT2D eigenvalue weighted by Gasteiger charge is 2.28. The van der Waals surface area contributed by atoms with E-state index in [-0.39, 0.29) is 17.6 Å². The molecular formula is C22H22N2O2. The molecule has 0 N–H and O–H groups in total. The van der Waals surface area contributed by atoms with E-state index in [2.05, 4.69) is 6.07 Å². The molecule has 1 heterocycles. The molecule has 3 rings (SSSR count). The highest BCUT2D eigenvalue weighted by molar-refractivity contribution is 5.95. The highest BCUT2D eigenvalue weighted by atomic mass is 16.2. The summed E-state index contributed by atoms with van der Waals surface area (Å²) in [5, 5.41) is 9.00. The summed E-state index contributed by atoms with van der Waals surface area (Å²) in [7, 11) is 0. The van der Waals surface area contributed by atoms with Crippen molar-refractivity contribution in [2.45, 2.75) is 25.7 Å². The number of nitrogens with zero attached hydrogens (tertiary/aromatic N) is 2. The molecule has 0 spiro atoms. The lowest BCUT2D eigenvalue weighted by Gasteiger charge is -2.32. The Balaban J connectivity index is 1.60. The zero-order chi connectivity index (χ0) is 18.4. The van der Waals surface area contributed by atoms with E-state index in [9.17, 15) is 9.59 Å². The molecule has 2 aromatic rings. The lowest BCUT2D eigenvalue weighted by molar-refractivity contribution is -0.124.